The fourth-order valence-corrected chi connectivity index (χ4v) is 3.22. The molecule has 2 heterocycles. The Morgan fingerprint density at radius 2 is 2.00 bits per heavy atom. The molecule has 0 aliphatic carbocycles. The summed E-state index contributed by atoms with van der Waals surface area (Å²) in [5.74, 6) is 0.436. The summed E-state index contributed by atoms with van der Waals surface area (Å²) in [6.45, 7) is 0.466. The van der Waals surface area contributed by atoms with Crippen LogP contribution >= 0.6 is 11.3 Å². The summed E-state index contributed by atoms with van der Waals surface area (Å²) in [4.78, 5) is 13.2. The van der Waals surface area contributed by atoms with E-state index in [4.69, 9.17) is 4.42 Å². The molecule has 0 aliphatic heterocycles. The monoisotopic (exact) mass is 329 g/mol. The van der Waals surface area contributed by atoms with Gasteiger partial charge < -0.3 is 9.73 Å². The Balaban J connectivity index is 1.62. The smallest absolute Gasteiger partial charge is 0.224 e. The number of hydrogen-bond donors (Lipinski definition) is 1. The first-order chi connectivity index (χ1) is 11.2. The summed E-state index contributed by atoms with van der Waals surface area (Å²) in [6.07, 6.45) is 1.87. The van der Waals surface area contributed by atoms with Crippen LogP contribution in [0.2, 0.25) is 0 Å². The van der Waals surface area contributed by atoms with E-state index in [1.165, 1.54) is 12.1 Å². The summed E-state index contributed by atoms with van der Waals surface area (Å²) in [6, 6.07) is 13.7. The van der Waals surface area contributed by atoms with Gasteiger partial charge in [0.25, 0.3) is 0 Å². The molecule has 5 heteroatoms. The van der Waals surface area contributed by atoms with Crippen LogP contribution in [0.3, 0.4) is 0 Å². The normalized spacial score (nSPS) is 12.0. The molecule has 0 bridgehead atoms. The maximum atomic E-state index is 12.9. The van der Waals surface area contributed by atoms with Crippen LogP contribution in [-0.2, 0) is 11.2 Å². The van der Waals surface area contributed by atoms with E-state index in [0.29, 0.717) is 6.54 Å². The Bertz CT molecular complexity index is 702. The lowest BCUT2D eigenvalue weighted by Crippen LogP contribution is -2.29. The number of benzene rings is 1. The first-order valence-electron chi connectivity index (χ1n) is 7.30. The molecule has 118 valence electrons. The molecule has 0 radical (unpaired) electrons. The lowest BCUT2D eigenvalue weighted by atomic mass is 10.0. The molecule has 0 aliphatic rings. The second kappa shape index (κ2) is 7.24. The van der Waals surface area contributed by atoms with Crippen molar-refractivity contribution in [3.05, 3.63) is 82.2 Å². The highest BCUT2D eigenvalue weighted by atomic mass is 32.1. The lowest BCUT2D eigenvalue weighted by Gasteiger charge is -2.14. The average Bonchev–Trinajstić information content (AvgIpc) is 3.24. The van der Waals surface area contributed by atoms with Crippen molar-refractivity contribution < 1.29 is 13.6 Å². The zero-order valence-electron chi connectivity index (χ0n) is 12.4. The number of carbonyl (C=O) groups excluding carboxylic acids is 1. The molecule has 2 aromatic heterocycles. The number of nitrogens with one attached hydrogen (secondary N) is 1. The Morgan fingerprint density at radius 1 is 1.17 bits per heavy atom. The van der Waals surface area contributed by atoms with Gasteiger partial charge in [-0.2, -0.15) is 0 Å². The lowest BCUT2D eigenvalue weighted by molar-refractivity contribution is -0.120. The minimum Gasteiger partial charge on any atom is -0.469 e. The number of thiophene rings is 1. The van der Waals surface area contributed by atoms with Crippen molar-refractivity contribution in [2.75, 3.05) is 6.54 Å². The Labute approximate surface area is 137 Å². The SMILES string of the molecule is O=C(Cc1ccc(F)cc1)NC[C@H](c1ccco1)c1cccs1. The van der Waals surface area contributed by atoms with Crippen LogP contribution in [0.25, 0.3) is 0 Å². The maximum absolute atomic E-state index is 12.9. The van der Waals surface area contributed by atoms with Crippen LogP contribution < -0.4 is 5.32 Å². The molecule has 3 nitrogen and oxygen atoms in total. The quantitative estimate of drug-likeness (QED) is 0.743. The maximum Gasteiger partial charge on any atom is 0.224 e. The molecule has 0 saturated carbocycles. The molecule has 3 aromatic rings. The van der Waals surface area contributed by atoms with Crippen molar-refractivity contribution in [1.82, 2.24) is 5.32 Å². The Morgan fingerprint density at radius 3 is 2.65 bits per heavy atom. The molecule has 0 unspecified atom stereocenters. The Hall–Kier alpha value is -2.40. The fraction of sp³-hybridized carbons (Fsp3) is 0.167. The van der Waals surface area contributed by atoms with E-state index in [1.807, 2.05) is 29.6 Å². The van der Waals surface area contributed by atoms with Gasteiger partial charge in [0, 0.05) is 11.4 Å². The second-order valence-electron chi connectivity index (χ2n) is 5.19. The van der Waals surface area contributed by atoms with Gasteiger partial charge >= 0.3 is 0 Å². The van der Waals surface area contributed by atoms with Crippen LogP contribution in [0.4, 0.5) is 4.39 Å². The predicted molar refractivity (Wildman–Crippen MR) is 88.0 cm³/mol. The first-order valence-corrected chi connectivity index (χ1v) is 8.18. The van der Waals surface area contributed by atoms with Gasteiger partial charge in [-0.3, -0.25) is 4.79 Å². The topological polar surface area (TPSA) is 42.2 Å². The number of halogens is 1. The summed E-state index contributed by atoms with van der Waals surface area (Å²) in [5.41, 5.74) is 0.787. The molecule has 0 spiro atoms. The summed E-state index contributed by atoms with van der Waals surface area (Å²) in [7, 11) is 0. The minimum atomic E-state index is -0.301. The highest BCUT2D eigenvalue weighted by molar-refractivity contribution is 7.10. The van der Waals surface area contributed by atoms with Gasteiger partial charge in [0.05, 0.1) is 18.6 Å². The van der Waals surface area contributed by atoms with Crippen molar-refractivity contribution in [2.45, 2.75) is 12.3 Å². The van der Waals surface area contributed by atoms with Crippen LogP contribution in [0, 0.1) is 5.82 Å². The van der Waals surface area contributed by atoms with Gasteiger partial charge in [-0.15, -0.1) is 11.3 Å². The molecular formula is C18H16FNO2S. The molecule has 1 aromatic carbocycles. The van der Waals surface area contributed by atoms with Crippen LogP contribution in [-0.4, -0.2) is 12.5 Å². The van der Waals surface area contributed by atoms with E-state index in [1.54, 1.807) is 29.7 Å². The van der Waals surface area contributed by atoms with Crippen molar-refractivity contribution in [3.63, 3.8) is 0 Å². The predicted octanol–water partition coefficient (Wildman–Crippen LogP) is 3.97. The van der Waals surface area contributed by atoms with Gasteiger partial charge in [0.2, 0.25) is 5.91 Å². The number of carbonyl (C=O) groups is 1. The molecule has 23 heavy (non-hydrogen) atoms. The number of amides is 1. The van der Waals surface area contributed by atoms with E-state index >= 15 is 0 Å². The molecule has 1 atom stereocenters. The van der Waals surface area contributed by atoms with Gasteiger partial charge in [-0.1, -0.05) is 18.2 Å². The zero-order valence-corrected chi connectivity index (χ0v) is 13.2. The second-order valence-corrected chi connectivity index (χ2v) is 6.17. The van der Waals surface area contributed by atoms with E-state index in [0.717, 1.165) is 16.2 Å². The van der Waals surface area contributed by atoms with Crippen molar-refractivity contribution >= 4 is 17.2 Å². The standard InChI is InChI=1S/C18H16FNO2S/c19-14-7-5-13(6-8-14)11-18(21)20-12-15(16-3-1-9-22-16)17-4-2-10-23-17/h1-10,15H,11-12H2,(H,20,21)/t15-/m1/s1. The van der Waals surface area contributed by atoms with Gasteiger partial charge in [-0.05, 0) is 41.3 Å². The van der Waals surface area contributed by atoms with Crippen LogP contribution in [0.15, 0.2) is 64.6 Å². The third kappa shape index (κ3) is 4.07. The van der Waals surface area contributed by atoms with E-state index < -0.39 is 0 Å². The van der Waals surface area contributed by atoms with Crippen molar-refractivity contribution in [3.8, 4) is 0 Å². The van der Waals surface area contributed by atoms with Crippen LogP contribution in [0.5, 0.6) is 0 Å². The fourth-order valence-electron chi connectivity index (χ4n) is 2.39. The molecule has 1 amide bonds. The highest BCUT2D eigenvalue weighted by Crippen LogP contribution is 2.28. The zero-order chi connectivity index (χ0) is 16.1. The van der Waals surface area contributed by atoms with Gasteiger partial charge in [-0.25, -0.2) is 4.39 Å². The van der Waals surface area contributed by atoms with E-state index in [9.17, 15) is 9.18 Å². The number of furan rings is 1. The molecule has 1 N–H and O–H groups in total. The Kier molecular flexibility index (Phi) is 4.88. The number of hydrogen-bond acceptors (Lipinski definition) is 3. The minimum absolute atomic E-state index is 0.00201. The van der Waals surface area contributed by atoms with E-state index in [2.05, 4.69) is 5.32 Å². The largest absolute Gasteiger partial charge is 0.469 e. The van der Waals surface area contributed by atoms with Crippen LogP contribution in [0.1, 0.15) is 22.1 Å². The average molecular weight is 329 g/mol. The van der Waals surface area contributed by atoms with Gasteiger partial charge in [0.15, 0.2) is 0 Å². The molecule has 0 fully saturated rings. The summed E-state index contributed by atoms with van der Waals surface area (Å²) >= 11 is 1.63. The summed E-state index contributed by atoms with van der Waals surface area (Å²) < 4.78 is 18.4. The highest BCUT2D eigenvalue weighted by Gasteiger charge is 2.19. The number of rotatable bonds is 6. The third-order valence-corrected chi connectivity index (χ3v) is 4.54. The first kappa shape index (κ1) is 15.5. The van der Waals surface area contributed by atoms with Gasteiger partial charge in [0.1, 0.15) is 11.6 Å². The summed E-state index contributed by atoms with van der Waals surface area (Å²) in [5, 5.41) is 4.94. The molecular weight excluding hydrogens is 313 g/mol. The molecule has 0 saturated heterocycles. The van der Waals surface area contributed by atoms with Crippen molar-refractivity contribution in [2.24, 2.45) is 0 Å². The molecule has 3 rings (SSSR count). The van der Waals surface area contributed by atoms with E-state index in [-0.39, 0.29) is 24.1 Å². The third-order valence-electron chi connectivity index (χ3n) is 3.55. The van der Waals surface area contributed by atoms with Crippen molar-refractivity contribution in [1.29, 1.82) is 0 Å².